The maximum Gasteiger partial charge on any atom is 0.146 e. The van der Waals surface area contributed by atoms with Crippen LogP contribution in [0.3, 0.4) is 0 Å². The molecule has 0 fully saturated rings. The van der Waals surface area contributed by atoms with Gasteiger partial charge in [0.1, 0.15) is 17.4 Å². The van der Waals surface area contributed by atoms with Crippen molar-refractivity contribution in [2.24, 2.45) is 0 Å². The Morgan fingerprint density at radius 3 is 2.80 bits per heavy atom. The topological polar surface area (TPSA) is 21.3 Å². The fourth-order valence-electron chi connectivity index (χ4n) is 2.67. The zero-order valence-corrected chi connectivity index (χ0v) is 11.1. The Balaban J connectivity index is 1.87. The molecule has 0 aliphatic heterocycles. The monoisotopic (exact) mass is 275 g/mol. The summed E-state index contributed by atoms with van der Waals surface area (Å²) in [4.78, 5) is 0. The van der Waals surface area contributed by atoms with E-state index in [4.69, 9.17) is 4.74 Å². The van der Waals surface area contributed by atoms with Gasteiger partial charge in [-0.1, -0.05) is 6.07 Å². The van der Waals surface area contributed by atoms with Crippen LogP contribution in [0.1, 0.15) is 23.6 Å². The summed E-state index contributed by atoms with van der Waals surface area (Å²) in [7, 11) is 1.55. The summed E-state index contributed by atoms with van der Waals surface area (Å²) >= 11 is 0. The van der Waals surface area contributed by atoms with Crippen molar-refractivity contribution in [1.29, 1.82) is 0 Å². The molecule has 2 nitrogen and oxygen atoms in total. The molecule has 2 aromatic carbocycles. The molecule has 0 amide bonds. The Kier molecular flexibility index (Phi) is 3.30. The van der Waals surface area contributed by atoms with Crippen LogP contribution in [0.5, 0.6) is 5.75 Å². The van der Waals surface area contributed by atoms with E-state index in [9.17, 15) is 8.78 Å². The minimum absolute atomic E-state index is 0.00667. The number of benzene rings is 2. The fraction of sp³-hybridized carbons (Fsp3) is 0.250. The van der Waals surface area contributed by atoms with E-state index in [0.717, 1.165) is 24.0 Å². The van der Waals surface area contributed by atoms with Crippen LogP contribution in [-0.4, -0.2) is 7.11 Å². The fourth-order valence-corrected chi connectivity index (χ4v) is 2.67. The number of ether oxygens (including phenoxy) is 1. The first-order valence-corrected chi connectivity index (χ1v) is 6.56. The van der Waals surface area contributed by atoms with Crippen molar-refractivity contribution < 1.29 is 13.5 Å². The molecule has 3 rings (SSSR count). The maximum absolute atomic E-state index is 13.8. The molecule has 4 heteroatoms. The molecule has 0 bridgehead atoms. The van der Waals surface area contributed by atoms with Crippen molar-refractivity contribution in [2.45, 2.75) is 18.9 Å². The number of fused-ring (bicyclic) bond motifs is 1. The molecule has 0 heterocycles. The van der Waals surface area contributed by atoms with Gasteiger partial charge in [0.2, 0.25) is 0 Å². The van der Waals surface area contributed by atoms with Crippen molar-refractivity contribution in [3.05, 3.63) is 59.2 Å². The van der Waals surface area contributed by atoms with E-state index in [-0.39, 0.29) is 17.7 Å². The standard InChI is InChI=1S/C16H15F2NO/c1-20-12-4-6-14(18)16(9-12)19-15-7-2-10-8-11(17)3-5-13(10)15/h3-6,8-9,15,19H,2,7H2,1H3. The summed E-state index contributed by atoms with van der Waals surface area (Å²) in [5, 5.41) is 3.18. The highest BCUT2D eigenvalue weighted by Gasteiger charge is 2.23. The van der Waals surface area contributed by atoms with Gasteiger partial charge in [-0.15, -0.1) is 0 Å². The maximum atomic E-state index is 13.8. The molecule has 1 unspecified atom stereocenters. The van der Waals surface area contributed by atoms with E-state index in [2.05, 4.69) is 5.32 Å². The van der Waals surface area contributed by atoms with Crippen molar-refractivity contribution in [3.8, 4) is 5.75 Å². The number of hydrogen-bond donors (Lipinski definition) is 1. The van der Waals surface area contributed by atoms with Crippen molar-refractivity contribution in [3.63, 3.8) is 0 Å². The number of halogens is 2. The molecule has 2 aromatic rings. The van der Waals surface area contributed by atoms with Crippen LogP contribution in [0.15, 0.2) is 36.4 Å². The Morgan fingerprint density at radius 2 is 2.00 bits per heavy atom. The van der Waals surface area contributed by atoms with E-state index < -0.39 is 0 Å². The first kappa shape index (κ1) is 12.9. The van der Waals surface area contributed by atoms with Crippen LogP contribution in [0, 0.1) is 11.6 Å². The van der Waals surface area contributed by atoms with Gasteiger partial charge >= 0.3 is 0 Å². The highest BCUT2D eigenvalue weighted by atomic mass is 19.1. The third kappa shape index (κ3) is 2.33. The molecule has 0 saturated carbocycles. The summed E-state index contributed by atoms with van der Waals surface area (Å²) in [6.07, 6.45) is 1.63. The van der Waals surface area contributed by atoms with Crippen LogP contribution in [0.25, 0.3) is 0 Å². The molecule has 0 saturated heterocycles. The number of anilines is 1. The number of aryl methyl sites for hydroxylation is 1. The average Bonchev–Trinajstić information content (AvgIpc) is 2.83. The van der Waals surface area contributed by atoms with Crippen molar-refractivity contribution in [1.82, 2.24) is 0 Å². The molecule has 1 aliphatic carbocycles. The number of hydrogen-bond acceptors (Lipinski definition) is 2. The Morgan fingerprint density at radius 1 is 1.15 bits per heavy atom. The minimum Gasteiger partial charge on any atom is -0.497 e. The SMILES string of the molecule is COc1ccc(F)c(NC2CCc3cc(F)ccc32)c1. The quantitative estimate of drug-likeness (QED) is 0.911. The van der Waals surface area contributed by atoms with Gasteiger partial charge in [-0.25, -0.2) is 8.78 Å². The molecule has 0 aromatic heterocycles. The van der Waals surface area contributed by atoms with E-state index in [0.29, 0.717) is 11.4 Å². The average molecular weight is 275 g/mol. The third-order valence-corrected chi connectivity index (χ3v) is 3.69. The van der Waals surface area contributed by atoms with Gasteiger partial charge in [-0.2, -0.15) is 0 Å². The number of rotatable bonds is 3. The van der Waals surface area contributed by atoms with Crippen LogP contribution >= 0.6 is 0 Å². The summed E-state index contributed by atoms with van der Waals surface area (Å²) in [5.74, 6) is 0.0598. The normalized spacial score (nSPS) is 16.9. The first-order chi connectivity index (χ1) is 9.67. The van der Waals surface area contributed by atoms with Crippen LogP contribution < -0.4 is 10.1 Å². The molecule has 1 atom stereocenters. The molecule has 1 N–H and O–H groups in total. The Labute approximate surface area is 116 Å². The smallest absolute Gasteiger partial charge is 0.146 e. The van der Waals surface area contributed by atoms with Gasteiger partial charge < -0.3 is 10.1 Å². The summed E-state index contributed by atoms with van der Waals surface area (Å²) < 4.78 is 32.1. The summed E-state index contributed by atoms with van der Waals surface area (Å²) in [5.41, 5.74) is 2.44. The van der Waals surface area contributed by atoms with Crippen LogP contribution in [-0.2, 0) is 6.42 Å². The van der Waals surface area contributed by atoms with E-state index in [1.54, 1.807) is 31.4 Å². The van der Waals surface area contributed by atoms with E-state index >= 15 is 0 Å². The molecule has 1 aliphatic rings. The predicted octanol–water partition coefficient (Wildman–Crippen LogP) is 4.07. The molecule has 0 spiro atoms. The lowest BCUT2D eigenvalue weighted by molar-refractivity contribution is 0.414. The lowest BCUT2D eigenvalue weighted by Gasteiger charge is -2.16. The van der Waals surface area contributed by atoms with E-state index in [1.807, 2.05) is 0 Å². The second kappa shape index (κ2) is 5.12. The molecule has 20 heavy (non-hydrogen) atoms. The van der Waals surface area contributed by atoms with Gasteiger partial charge in [0.15, 0.2) is 0 Å². The van der Waals surface area contributed by atoms with Gasteiger partial charge in [0.05, 0.1) is 18.8 Å². The van der Waals surface area contributed by atoms with Gasteiger partial charge in [0, 0.05) is 6.07 Å². The van der Waals surface area contributed by atoms with Crippen LogP contribution in [0.2, 0.25) is 0 Å². The largest absolute Gasteiger partial charge is 0.497 e. The minimum atomic E-state index is -0.318. The lowest BCUT2D eigenvalue weighted by atomic mass is 10.1. The van der Waals surface area contributed by atoms with Gasteiger partial charge in [0.25, 0.3) is 0 Å². The molecule has 104 valence electrons. The second-order valence-corrected chi connectivity index (χ2v) is 4.92. The third-order valence-electron chi connectivity index (χ3n) is 3.69. The Bertz CT molecular complexity index is 642. The zero-order valence-electron chi connectivity index (χ0n) is 11.1. The molecule has 0 radical (unpaired) electrons. The molecular weight excluding hydrogens is 260 g/mol. The molecular formula is C16H15F2NO. The number of nitrogens with one attached hydrogen (secondary N) is 1. The second-order valence-electron chi connectivity index (χ2n) is 4.92. The van der Waals surface area contributed by atoms with Gasteiger partial charge in [-0.3, -0.25) is 0 Å². The van der Waals surface area contributed by atoms with Gasteiger partial charge in [-0.05, 0) is 48.2 Å². The Hall–Kier alpha value is -2.10. The highest BCUT2D eigenvalue weighted by Crippen LogP contribution is 2.35. The lowest BCUT2D eigenvalue weighted by Crippen LogP contribution is -2.08. The van der Waals surface area contributed by atoms with E-state index in [1.165, 1.54) is 12.1 Å². The zero-order chi connectivity index (χ0) is 14.1. The van der Waals surface area contributed by atoms with Crippen molar-refractivity contribution >= 4 is 5.69 Å². The first-order valence-electron chi connectivity index (χ1n) is 6.56. The number of methoxy groups -OCH3 is 1. The summed E-state index contributed by atoms with van der Waals surface area (Å²) in [6, 6.07) is 9.37. The highest BCUT2D eigenvalue weighted by molar-refractivity contribution is 5.52. The van der Waals surface area contributed by atoms with Crippen LogP contribution in [0.4, 0.5) is 14.5 Å². The van der Waals surface area contributed by atoms with Crippen molar-refractivity contribution in [2.75, 3.05) is 12.4 Å². The summed E-state index contributed by atoms with van der Waals surface area (Å²) in [6.45, 7) is 0. The predicted molar refractivity (Wildman–Crippen MR) is 74.0 cm³/mol.